The summed E-state index contributed by atoms with van der Waals surface area (Å²) >= 11 is 0. The van der Waals surface area contributed by atoms with Gasteiger partial charge in [-0.05, 0) is 65.5 Å². The molecule has 0 bridgehead atoms. The number of ether oxygens (including phenoxy) is 3. The van der Waals surface area contributed by atoms with Gasteiger partial charge < -0.3 is 33.5 Å². The quantitative estimate of drug-likeness (QED) is 0.0169. The van der Waals surface area contributed by atoms with Crippen LogP contribution < -0.4 is 5.32 Å². The number of hydrogen-bond donors (Lipinski definition) is 2. The molecule has 414 valence electrons. The fourth-order valence-electron chi connectivity index (χ4n) is 10.5. The Morgan fingerprint density at radius 2 is 1.01 bits per heavy atom. The van der Waals surface area contributed by atoms with E-state index in [-0.39, 0.29) is 26.4 Å². The summed E-state index contributed by atoms with van der Waals surface area (Å²) in [5.41, 5.74) is 4.89. The van der Waals surface area contributed by atoms with Crippen molar-refractivity contribution in [1.29, 1.82) is 0 Å². The van der Waals surface area contributed by atoms with Crippen molar-refractivity contribution in [3.05, 3.63) is 240 Å². The Morgan fingerprint density at radius 3 is 1.51 bits per heavy atom. The number of nitrogens with one attached hydrogen (secondary N) is 1. The van der Waals surface area contributed by atoms with Crippen molar-refractivity contribution in [2.75, 3.05) is 38.1 Å². The van der Waals surface area contributed by atoms with Gasteiger partial charge in [0.25, 0.3) is 0 Å². The van der Waals surface area contributed by atoms with Crippen LogP contribution in [-0.2, 0) is 41.0 Å². The first-order chi connectivity index (χ1) is 38.9. The molecule has 2 heterocycles. The smallest absolute Gasteiger partial charge is 0.353 e. The lowest BCUT2D eigenvalue weighted by atomic mass is 9.77. The van der Waals surface area contributed by atoms with Gasteiger partial charge in [0.05, 0.1) is 38.8 Å². The van der Waals surface area contributed by atoms with E-state index >= 15 is 0 Å². The highest BCUT2D eigenvalue weighted by Crippen LogP contribution is 2.44. The highest BCUT2D eigenvalue weighted by atomic mass is 31.2. The van der Waals surface area contributed by atoms with Gasteiger partial charge in [-0.3, -0.25) is 4.57 Å². The van der Waals surface area contributed by atoms with Gasteiger partial charge in [0, 0.05) is 6.61 Å². The molecular weight excluding hydrogens is 1000 g/mol. The number of fused-ring (bicyclic) bond motifs is 1. The second-order valence-corrected chi connectivity index (χ2v) is 22.1. The summed E-state index contributed by atoms with van der Waals surface area (Å²) < 4.78 is 40.9. The first-order valence-corrected chi connectivity index (χ1v) is 30.4. The van der Waals surface area contributed by atoms with E-state index in [2.05, 4.69) is 97.2 Å². The zero-order valence-corrected chi connectivity index (χ0v) is 47.0. The van der Waals surface area contributed by atoms with Crippen LogP contribution in [0.2, 0.25) is 0 Å². The number of rotatable bonds is 36. The number of imidazole rings is 1. The van der Waals surface area contributed by atoms with E-state index in [0.29, 0.717) is 23.6 Å². The molecule has 11 nitrogen and oxygen atoms in total. The van der Waals surface area contributed by atoms with Crippen LogP contribution in [0.4, 0.5) is 5.82 Å². The van der Waals surface area contributed by atoms with Crippen LogP contribution in [0.25, 0.3) is 11.2 Å². The zero-order valence-electron chi connectivity index (χ0n) is 46.1. The van der Waals surface area contributed by atoms with Crippen LogP contribution in [0.15, 0.2) is 207 Å². The Bertz CT molecular complexity index is 2830. The van der Waals surface area contributed by atoms with E-state index in [1.165, 1.54) is 83.4 Å². The number of aromatic nitrogens is 4. The van der Waals surface area contributed by atoms with Crippen LogP contribution in [0.3, 0.4) is 0 Å². The van der Waals surface area contributed by atoms with E-state index in [4.69, 9.17) is 33.7 Å². The SMILES string of the molecule is CCCCCCCC/C=C\CCCCCCCCOCCOP(=O)(O)CO[C@H](COC(c1ccccc1)(c1ccccc1)c1ccccc1)Cn1cnc2c(NC(c3ccccc3)(c3ccccc3)c3ccccc3)ncnc21. The van der Waals surface area contributed by atoms with E-state index in [1.807, 2.05) is 114 Å². The Hall–Kier alpha value is -6.56. The second kappa shape index (κ2) is 31.3. The summed E-state index contributed by atoms with van der Waals surface area (Å²) in [6.07, 6.45) is 24.0. The van der Waals surface area contributed by atoms with Crippen molar-refractivity contribution in [2.24, 2.45) is 0 Å². The molecule has 0 fully saturated rings. The van der Waals surface area contributed by atoms with Crippen LogP contribution in [0.1, 0.15) is 130 Å². The van der Waals surface area contributed by atoms with E-state index in [0.717, 1.165) is 46.2 Å². The van der Waals surface area contributed by atoms with Gasteiger partial charge in [-0.15, -0.1) is 0 Å². The molecule has 6 aromatic carbocycles. The minimum absolute atomic E-state index is 0.00680. The standard InChI is InChI=1S/C67H80N5O6P/c1-2-3-4-5-6-7-8-9-10-11-12-13-14-15-16-35-48-75-49-50-78-79(73,74)55-76-62(52-77-67(59-42-29-20-30-43-59,60-44-31-21-32-45-60)61-46-33-22-34-47-61)51-72-54-70-63-64(68-53-69-65(63)72)71-66(56-36-23-17-24-37-56,57-38-25-18-26-39-57)58-40-27-19-28-41-58/h9-10,17-34,36-47,53-54,62H,2-8,11-16,35,48-52,55H2,1H3,(H,73,74)(H,68,69,71)/b10-9-/t62-/m0/s1. The molecule has 2 atom stereocenters. The predicted molar refractivity (Wildman–Crippen MR) is 319 cm³/mol. The lowest BCUT2D eigenvalue weighted by molar-refractivity contribution is -0.0631. The van der Waals surface area contributed by atoms with Crippen LogP contribution in [0.5, 0.6) is 0 Å². The molecule has 2 N–H and O–H groups in total. The fraction of sp³-hybridized carbons (Fsp3) is 0.358. The Kier molecular flexibility index (Phi) is 23.2. The largest absolute Gasteiger partial charge is 0.379 e. The highest BCUT2D eigenvalue weighted by Gasteiger charge is 2.40. The number of anilines is 1. The van der Waals surface area contributed by atoms with Crippen molar-refractivity contribution >= 4 is 24.6 Å². The summed E-state index contributed by atoms with van der Waals surface area (Å²) in [5.74, 6) is 0.522. The number of unbranched alkanes of at least 4 members (excludes halogenated alkanes) is 12. The molecule has 79 heavy (non-hydrogen) atoms. The van der Waals surface area contributed by atoms with Crippen molar-refractivity contribution in [3.8, 4) is 0 Å². The first-order valence-electron chi connectivity index (χ1n) is 28.6. The molecule has 0 spiro atoms. The highest BCUT2D eigenvalue weighted by molar-refractivity contribution is 7.52. The number of benzene rings is 6. The Balaban J connectivity index is 0.952. The molecule has 0 aliphatic heterocycles. The predicted octanol–water partition coefficient (Wildman–Crippen LogP) is 15.8. The van der Waals surface area contributed by atoms with Gasteiger partial charge in [0.1, 0.15) is 29.3 Å². The first kappa shape index (κ1) is 58.6. The molecular formula is C67H80N5O6P. The van der Waals surface area contributed by atoms with E-state index in [9.17, 15) is 9.46 Å². The molecule has 0 amide bonds. The summed E-state index contributed by atoms with van der Waals surface area (Å²) in [7, 11) is -4.26. The van der Waals surface area contributed by atoms with Crippen molar-refractivity contribution < 1.29 is 28.2 Å². The molecule has 0 radical (unpaired) electrons. The lowest BCUT2D eigenvalue weighted by Gasteiger charge is -2.37. The van der Waals surface area contributed by atoms with Gasteiger partial charge in [0.2, 0.25) is 0 Å². The number of nitrogens with zero attached hydrogens (tertiary/aromatic N) is 4. The number of hydrogen-bond acceptors (Lipinski definition) is 9. The van der Waals surface area contributed by atoms with Gasteiger partial charge in [0.15, 0.2) is 11.5 Å². The molecule has 2 aromatic heterocycles. The van der Waals surface area contributed by atoms with Crippen LogP contribution >= 0.6 is 7.60 Å². The fourth-order valence-corrected chi connectivity index (χ4v) is 11.3. The van der Waals surface area contributed by atoms with Crippen molar-refractivity contribution in [3.63, 3.8) is 0 Å². The molecule has 0 saturated carbocycles. The maximum atomic E-state index is 13.8. The summed E-state index contributed by atoms with van der Waals surface area (Å²) in [6.45, 7) is 3.15. The van der Waals surface area contributed by atoms with Gasteiger partial charge in [-0.2, -0.15) is 0 Å². The van der Waals surface area contributed by atoms with E-state index in [1.54, 1.807) is 6.33 Å². The number of allylic oxidation sites excluding steroid dienone is 2. The molecule has 0 saturated heterocycles. The minimum atomic E-state index is -4.26. The van der Waals surface area contributed by atoms with Gasteiger partial charge in [-0.1, -0.05) is 259 Å². The average molecular weight is 1080 g/mol. The Morgan fingerprint density at radius 1 is 0.557 bits per heavy atom. The normalized spacial score (nSPS) is 13.2. The zero-order chi connectivity index (χ0) is 54.7. The molecule has 8 aromatic rings. The minimum Gasteiger partial charge on any atom is -0.379 e. The maximum Gasteiger partial charge on any atom is 0.353 e. The third-order valence-corrected chi connectivity index (χ3v) is 15.6. The van der Waals surface area contributed by atoms with Crippen molar-refractivity contribution in [2.45, 2.75) is 121 Å². The molecule has 0 aliphatic carbocycles. The van der Waals surface area contributed by atoms with Crippen LogP contribution in [-0.4, -0.2) is 63.3 Å². The summed E-state index contributed by atoms with van der Waals surface area (Å²) in [4.78, 5) is 25.8. The lowest BCUT2D eigenvalue weighted by Crippen LogP contribution is -2.38. The van der Waals surface area contributed by atoms with Crippen LogP contribution in [0, 0.1) is 0 Å². The Labute approximate surface area is 469 Å². The molecule has 8 rings (SSSR count). The second-order valence-electron chi connectivity index (χ2n) is 20.3. The molecule has 0 aliphatic rings. The van der Waals surface area contributed by atoms with Gasteiger partial charge in [-0.25, -0.2) is 15.0 Å². The summed E-state index contributed by atoms with van der Waals surface area (Å²) in [6, 6.07) is 61.3. The monoisotopic (exact) mass is 1080 g/mol. The summed E-state index contributed by atoms with van der Waals surface area (Å²) in [5, 5.41) is 3.87. The van der Waals surface area contributed by atoms with E-state index < -0.39 is 31.2 Å². The van der Waals surface area contributed by atoms with Gasteiger partial charge >= 0.3 is 7.60 Å². The third kappa shape index (κ3) is 16.5. The third-order valence-electron chi connectivity index (χ3n) is 14.5. The average Bonchev–Trinajstić information content (AvgIpc) is 4.08. The van der Waals surface area contributed by atoms with Crippen molar-refractivity contribution in [1.82, 2.24) is 19.5 Å². The molecule has 12 heteroatoms. The topological polar surface area (TPSA) is 130 Å². The maximum absolute atomic E-state index is 13.8. The molecule has 1 unspecified atom stereocenters.